The smallest absolute Gasteiger partial charge is 0.271 e. The first-order valence-electron chi connectivity index (χ1n) is 4.93. The highest BCUT2D eigenvalue weighted by Crippen LogP contribution is 2.56. The number of ether oxygens (including phenoxy) is 1. The Labute approximate surface area is 88.8 Å². The van der Waals surface area contributed by atoms with Crippen LogP contribution in [-0.2, 0) is 4.74 Å². The van der Waals surface area contributed by atoms with E-state index in [0.717, 1.165) is 32.1 Å². The van der Waals surface area contributed by atoms with Crippen LogP contribution in [0.5, 0.6) is 0 Å². The molecule has 80 valence electrons. The molecule has 0 aromatic heterocycles. The molecule has 2 bridgehead atoms. The molecule has 0 unspecified atom stereocenters. The molecule has 4 N–H and O–H groups in total. The Morgan fingerprint density at radius 1 is 1.43 bits per heavy atom. The van der Waals surface area contributed by atoms with Crippen LogP contribution in [-0.4, -0.2) is 22.5 Å². The largest absolute Gasteiger partial charge is 0.470 e. The molecule has 0 aliphatic heterocycles. The standard InChI is InChI=1S/C9H16N2O2S/c10-11-7(14)13-6-8-1-3-9(12,5-8)4-2-8/h12H,1-6,10H2,(H,11,14). The fourth-order valence-electron chi connectivity index (χ4n) is 2.75. The van der Waals surface area contributed by atoms with E-state index in [4.69, 9.17) is 22.8 Å². The minimum atomic E-state index is -0.416. The molecule has 5 heteroatoms. The third kappa shape index (κ3) is 1.71. The Morgan fingerprint density at radius 2 is 2.07 bits per heavy atom. The van der Waals surface area contributed by atoms with Crippen molar-refractivity contribution in [2.45, 2.75) is 37.7 Å². The normalized spacial score (nSPS) is 39.9. The fourth-order valence-corrected chi connectivity index (χ4v) is 2.81. The lowest BCUT2D eigenvalue weighted by Crippen LogP contribution is -2.33. The molecule has 0 heterocycles. The summed E-state index contributed by atoms with van der Waals surface area (Å²) in [5.74, 6) is 5.11. The lowest BCUT2D eigenvalue weighted by atomic mass is 9.85. The van der Waals surface area contributed by atoms with E-state index in [9.17, 15) is 5.11 Å². The Morgan fingerprint density at radius 3 is 2.50 bits per heavy atom. The fraction of sp³-hybridized carbons (Fsp3) is 0.889. The molecular formula is C9H16N2O2S. The number of thiocarbonyl (C=S) groups is 1. The van der Waals surface area contributed by atoms with Crippen molar-refractivity contribution in [3.63, 3.8) is 0 Å². The van der Waals surface area contributed by atoms with Gasteiger partial charge in [0.25, 0.3) is 5.17 Å². The third-order valence-electron chi connectivity index (χ3n) is 3.57. The van der Waals surface area contributed by atoms with Crippen LogP contribution in [0.25, 0.3) is 0 Å². The number of fused-ring (bicyclic) bond motifs is 2. The van der Waals surface area contributed by atoms with Gasteiger partial charge in [-0.1, -0.05) is 0 Å². The van der Waals surface area contributed by atoms with E-state index in [1.165, 1.54) is 0 Å². The molecule has 0 aromatic carbocycles. The van der Waals surface area contributed by atoms with Crippen molar-refractivity contribution >= 4 is 17.4 Å². The maximum absolute atomic E-state index is 10.0. The highest BCUT2D eigenvalue weighted by Gasteiger charge is 2.53. The summed E-state index contributed by atoms with van der Waals surface area (Å²) in [7, 11) is 0. The number of aliphatic hydroxyl groups is 1. The zero-order valence-electron chi connectivity index (χ0n) is 8.08. The van der Waals surface area contributed by atoms with Crippen LogP contribution >= 0.6 is 12.2 Å². The predicted octanol–water partition coefficient (Wildman–Crippen LogP) is 0.446. The van der Waals surface area contributed by atoms with E-state index in [1.807, 2.05) is 0 Å². The first-order valence-corrected chi connectivity index (χ1v) is 5.34. The van der Waals surface area contributed by atoms with E-state index in [-0.39, 0.29) is 10.6 Å². The molecule has 4 nitrogen and oxygen atoms in total. The molecule has 2 aliphatic carbocycles. The SMILES string of the molecule is NNC(=S)OCC12CCC(O)(CC1)C2. The van der Waals surface area contributed by atoms with Gasteiger partial charge in [-0.25, -0.2) is 5.84 Å². The Hall–Kier alpha value is -0.390. The van der Waals surface area contributed by atoms with E-state index in [2.05, 4.69) is 5.43 Å². The zero-order valence-corrected chi connectivity index (χ0v) is 8.90. The summed E-state index contributed by atoms with van der Waals surface area (Å²) in [6.45, 7) is 0.582. The molecule has 0 atom stereocenters. The van der Waals surface area contributed by atoms with Crippen LogP contribution in [0.4, 0.5) is 0 Å². The van der Waals surface area contributed by atoms with E-state index in [0.29, 0.717) is 6.61 Å². The van der Waals surface area contributed by atoms with Crippen molar-refractivity contribution in [1.82, 2.24) is 5.43 Å². The van der Waals surface area contributed by atoms with Gasteiger partial charge in [-0.2, -0.15) is 0 Å². The summed E-state index contributed by atoms with van der Waals surface area (Å²) in [5.41, 5.74) is 2.03. The highest BCUT2D eigenvalue weighted by molar-refractivity contribution is 7.80. The summed E-state index contributed by atoms with van der Waals surface area (Å²) in [6, 6.07) is 0. The summed E-state index contributed by atoms with van der Waals surface area (Å²) in [6.07, 6.45) is 4.74. The van der Waals surface area contributed by atoms with Crippen LogP contribution in [0.1, 0.15) is 32.1 Å². The Balaban J connectivity index is 1.90. The van der Waals surface area contributed by atoms with Crippen LogP contribution in [0.15, 0.2) is 0 Å². The minimum absolute atomic E-state index is 0.148. The summed E-state index contributed by atoms with van der Waals surface area (Å²) in [5, 5.41) is 10.2. The molecule has 0 aromatic rings. The second kappa shape index (κ2) is 3.32. The molecule has 14 heavy (non-hydrogen) atoms. The van der Waals surface area contributed by atoms with Crippen molar-refractivity contribution in [2.24, 2.45) is 11.3 Å². The van der Waals surface area contributed by atoms with Crippen LogP contribution in [0.2, 0.25) is 0 Å². The molecule has 0 spiro atoms. The van der Waals surface area contributed by atoms with Gasteiger partial charge >= 0.3 is 0 Å². The van der Waals surface area contributed by atoms with Gasteiger partial charge in [-0.3, -0.25) is 5.43 Å². The molecule has 2 rings (SSSR count). The topological polar surface area (TPSA) is 67.5 Å². The lowest BCUT2D eigenvalue weighted by Gasteiger charge is -2.25. The van der Waals surface area contributed by atoms with Gasteiger partial charge in [-0.05, 0) is 44.3 Å². The number of rotatable bonds is 2. The monoisotopic (exact) mass is 216 g/mol. The number of hydrazine groups is 1. The first kappa shape index (κ1) is 10.1. The molecule has 2 saturated carbocycles. The van der Waals surface area contributed by atoms with Crippen molar-refractivity contribution in [1.29, 1.82) is 0 Å². The highest BCUT2D eigenvalue weighted by atomic mass is 32.1. The lowest BCUT2D eigenvalue weighted by molar-refractivity contribution is 0.0520. The predicted molar refractivity (Wildman–Crippen MR) is 56.3 cm³/mol. The molecule has 0 radical (unpaired) electrons. The van der Waals surface area contributed by atoms with Gasteiger partial charge in [0.15, 0.2) is 0 Å². The van der Waals surface area contributed by atoms with E-state index < -0.39 is 5.60 Å². The number of nitrogens with two attached hydrogens (primary N) is 1. The van der Waals surface area contributed by atoms with Gasteiger partial charge in [0.05, 0.1) is 12.2 Å². The van der Waals surface area contributed by atoms with Gasteiger partial charge in [0.2, 0.25) is 0 Å². The summed E-state index contributed by atoms with van der Waals surface area (Å²) >= 11 is 4.81. The van der Waals surface area contributed by atoms with Gasteiger partial charge in [0.1, 0.15) is 0 Å². The minimum Gasteiger partial charge on any atom is -0.470 e. The second-order valence-electron chi connectivity index (χ2n) is 4.62. The van der Waals surface area contributed by atoms with Crippen LogP contribution in [0.3, 0.4) is 0 Å². The quantitative estimate of drug-likeness (QED) is 0.355. The Bertz CT molecular complexity index is 249. The maximum atomic E-state index is 10.0. The van der Waals surface area contributed by atoms with Crippen molar-refractivity contribution in [3.8, 4) is 0 Å². The Kier molecular flexibility index (Phi) is 2.41. The summed E-state index contributed by atoms with van der Waals surface area (Å²) in [4.78, 5) is 0. The maximum Gasteiger partial charge on any atom is 0.271 e. The van der Waals surface area contributed by atoms with E-state index in [1.54, 1.807) is 0 Å². The van der Waals surface area contributed by atoms with Crippen molar-refractivity contribution in [2.75, 3.05) is 6.61 Å². The summed E-state index contributed by atoms with van der Waals surface area (Å²) < 4.78 is 5.33. The molecule has 2 fully saturated rings. The number of hydrogen-bond donors (Lipinski definition) is 3. The van der Waals surface area contributed by atoms with Crippen molar-refractivity contribution in [3.05, 3.63) is 0 Å². The zero-order chi connectivity index (χ0) is 10.2. The van der Waals surface area contributed by atoms with Gasteiger partial charge in [0, 0.05) is 5.41 Å². The van der Waals surface area contributed by atoms with E-state index >= 15 is 0 Å². The third-order valence-corrected chi connectivity index (χ3v) is 3.81. The molecule has 2 aliphatic rings. The van der Waals surface area contributed by atoms with Gasteiger partial charge < -0.3 is 9.84 Å². The van der Waals surface area contributed by atoms with Gasteiger partial charge in [-0.15, -0.1) is 0 Å². The van der Waals surface area contributed by atoms with Crippen LogP contribution < -0.4 is 11.3 Å². The second-order valence-corrected chi connectivity index (χ2v) is 4.99. The average molecular weight is 216 g/mol. The molecule has 0 amide bonds. The van der Waals surface area contributed by atoms with Crippen molar-refractivity contribution < 1.29 is 9.84 Å². The number of nitrogens with one attached hydrogen (secondary N) is 1. The first-order chi connectivity index (χ1) is 6.58. The van der Waals surface area contributed by atoms with Crippen LogP contribution in [0, 0.1) is 5.41 Å². The average Bonchev–Trinajstić information content (AvgIpc) is 2.68. The number of hydrogen-bond acceptors (Lipinski definition) is 4. The molecule has 0 saturated heterocycles. The molecular weight excluding hydrogens is 200 g/mol.